The van der Waals surface area contributed by atoms with Crippen LogP contribution in [0.2, 0.25) is 0 Å². The molecule has 0 bridgehead atoms. The van der Waals surface area contributed by atoms with E-state index in [0.717, 1.165) is 38.9 Å². The van der Waals surface area contributed by atoms with Gasteiger partial charge >= 0.3 is 0 Å². The molecule has 2 fully saturated rings. The zero-order valence-electron chi connectivity index (χ0n) is 15.1. The number of piperazine rings is 1. The maximum Gasteiger partial charge on any atom is 0.236 e. The zero-order valence-corrected chi connectivity index (χ0v) is 15.1. The first-order chi connectivity index (χ1) is 12.2. The summed E-state index contributed by atoms with van der Waals surface area (Å²) in [5, 5.41) is 3.12. The lowest BCUT2D eigenvalue weighted by Crippen LogP contribution is -2.57. The number of piperidine rings is 1. The van der Waals surface area contributed by atoms with E-state index in [4.69, 9.17) is 0 Å². The topological polar surface area (TPSA) is 52.7 Å². The Morgan fingerprint density at radius 2 is 2.08 bits per heavy atom. The molecular weight excluding hydrogens is 314 g/mol. The van der Waals surface area contributed by atoms with E-state index >= 15 is 0 Å². The van der Waals surface area contributed by atoms with Gasteiger partial charge in [0.15, 0.2) is 0 Å². The Kier molecular flexibility index (Phi) is 6.08. The summed E-state index contributed by atoms with van der Waals surface area (Å²) >= 11 is 0. The monoisotopic (exact) mass is 343 g/mol. The number of nitrogens with zero attached hydrogens (tertiary/aromatic N) is 2. The molecule has 2 aliphatic heterocycles. The lowest BCUT2D eigenvalue weighted by atomic mass is 9.92. The van der Waals surface area contributed by atoms with Crippen LogP contribution in [0.3, 0.4) is 0 Å². The average Bonchev–Trinajstić information content (AvgIpc) is 2.67. The average molecular weight is 343 g/mol. The smallest absolute Gasteiger partial charge is 0.236 e. The molecule has 2 unspecified atom stereocenters. The normalized spacial score (nSPS) is 22.8. The van der Waals surface area contributed by atoms with Crippen molar-refractivity contribution in [2.24, 2.45) is 0 Å². The van der Waals surface area contributed by atoms with Gasteiger partial charge in [-0.25, -0.2) is 0 Å². The molecule has 0 aromatic heterocycles. The number of hydrogen-bond donors (Lipinski definition) is 1. The van der Waals surface area contributed by atoms with Gasteiger partial charge in [-0.2, -0.15) is 0 Å². The number of nitrogens with one attached hydrogen (secondary N) is 1. The maximum atomic E-state index is 12.9. The van der Waals surface area contributed by atoms with E-state index in [0.29, 0.717) is 19.5 Å². The molecule has 136 valence electrons. The second-order valence-corrected chi connectivity index (χ2v) is 7.12. The molecule has 1 aromatic carbocycles. The highest BCUT2D eigenvalue weighted by molar-refractivity contribution is 5.80. The molecule has 2 atom stereocenters. The third-order valence-corrected chi connectivity index (χ3v) is 5.50. The van der Waals surface area contributed by atoms with Crippen molar-refractivity contribution >= 4 is 11.8 Å². The van der Waals surface area contributed by atoms with E-state index in [1.54, 1.807) is 0 Å². The summed E-state index contributed by atoms with van der Waals surface area (Å²) in [5.74, 6) is 0.666. The van der Waals surface area contributed by atoms with Crippen LogP contribution in [0.4, 0.5) is 0 Å². The Labute approximate surface area is 150 Å². The molecule has 5 heteroatoms. The second-order valence-electron chi connectivity index (χ2n) is 7.12. The molecule has 1 N–H and O–H groups in total. The number of likely N-dealkylation sites (tertiary alicyclic amines) is 1. The van der Waals surface area contributed by atoms with Gasteiger partial charge in [-0.3, -0.25) is 9.59 Å². The fourth-order valence-electron chi connectivity index (χ4n) is 4.01. The molecule has 2 saturated heterocycles. The van der Waals surface area contributed by atoms with Crippen LogP contribution in [0.1, 0.15) is 44.1 Å². The molecule has 0 radical (unpaired) electrons. The Morgan fingerprint density at radius 3 is 2.80 bits per heavy atom. The lowest BCUT2D eigenvalue weighted by molar-refractivity contribution is -0.140. The fourth-order valence-corrected chi connectivity index (χ4v) is 4.01. The number of rotatable bonds is 5. The van der Waals surface area contributed by atoms with Crippen molar-refractivity contribution in [3.8, 4) is 0 Å². The van der Waals surface area contributed by atoms with Gasteiger partial charge in [0.2, 0.25) is 11.8 Å². The highest BCUT2D eigenvalue weighted by atomic mass is 16.2. The number of hydrogen-bond acceptors (Lipinski definition) is 3. The Balaban J connectivity index is 1.60. The predicted octanol–water partition coefficient (Wildman–Crippen LogP) is 1.99. The minimum atomic E-state index is 0.168. The largest absolute Gasteiger partial charge is 0.341 e. The SMILES string of the molecule is CCC(CC(=O)N1CCCC(N2CCNCC2=O)C1)c1ccccc1. The van der Waals surface area contributed by atoms with Gasteiger partial charge in [0.05, 0.1) is 6.54 Å². The van der Waals surface area contributed by atoms with Crippen molar-refractivity contribution in [1.29, 1.82) is 0 Å². The summed E-state index contributed by atoms with van der Waals surface area (Å²) in [5.41, 5.74) is 1.24. The van der Waals surface area contributed by atoms with E-state index in [1.165, 1.54) is 5.56 Å². The Morgan fingerprint density at radius 1 is 1.28 bits per heavy atom. The minimum Gasteiger partial charge on any atom is -0.341 e. The van der Waals surface area contributed by atoms with Crippen molar-refractivity contribution in [3.63, 3.8) is 0 Å². The first-order valence-corrected chi connectivity index (χ1v) is 9.52. The highest BCUT2D eigenvalue weighted by Gasteiger charge is 2.32. The van der Waals surface area contributed by atoms with Crippen molar-refractivity contribution < 1.29 is 9.59 Å². The van der Waals surface area contributed by atoms with Crippen LogP contribution in [-0.2, 0) is 9.59 Å². The van der Waals surface area contributed by atoms with E-state index in [9.17, 15) is 9.59 Å². The van der Waals surface area contributed by atoms with E-state index in [2.05, 4.69) is 24.4 Å². The molecule has 0 aliphatic carbocycles. The fraction of sp³-hybridized carbons (Fsp3) is 0.600. The lowest BCUT2D eigenvalue weighted by Gasteiger charge is -2.41. The molecule has 3 rings (SSSR count). The summed E-state index contributed by atoms with van der Waals surface area (Å²) in [7, 11) is 0. The summed E-state index contributed by atoms with van der Waals surface area (Å²) in [6, 6.07) is 10.5. The molecule has 25 heavy (non-hydrogen) atoms. The molecule has 5 nitrogen and oxygen atoms in total. The van der Waals surface area contributed by atoms with Gasteiger partial charge in [-0.15, -0.1) is 0 Å². The minimum absolute atomic E-state index is 0.168. The molecule has 1 aromatic rings. The van der Waals surface area contributed by atoms with E-state index in [-0.39, 0.29) is 23.8 Å². The number of amides is 2. The molecular formula is C20H29N3O2. The van der Waals surface area contributed by atoms with Crippen LogP contribution in [0, 0.1) is 0 Å². The van der Waals surface area contributed by atoms with Crippen LogP contribution in [0.15, 0.2) is 30.3 Å². The third kappa shape index (κ3) is 4.40. The Hall–Kier alpha value is -1.88. The third-order valence-electron chi connectivity index (χ3n) is 5.50. The number of benzene rings is 1. The molecule has 0 saturated carbocycles. The second kappa shape index (κ2) is 8.48. The van der Waals surface area contributed by atoms with Gasteiger partial charge in [-0.05, 0) is 30.7 Å². The molecule has 0 spiro atoms. The first kappa shape index (κ1) is 17.9. The zero-order chi connectivity index (χ0) is 17.6. The Bertz CT molecular complexity index is 590. The van der Waals surface area contributed by atoms with Gasteiger partial charge in [0.1, 0.15) is 0 Å². The van der Waals surface area contributed by atoms with Crippen LogP contribution < -0.4 is 5.32 Å². The van der Waals surface area contributed by atoms with Crippen molar-refractivity contribution in [2.45, 2.75) is 44.6 Å². The van der Waals surface area contributed by atoms with Gasteiger partial charge in [0, 0.05) is 38.6 Å². The quantitative estimate of drug-likeness (QED) is 0.890. The van der Waals surface area contributed by atoms with Gasteiger partial charge in [-0.1, -0.05) is 37.3 Å². The first-order valence-electron chi connectivity index (χ1n) is 9.52. The summed E-state index contributed by atoms with van der Waals surface area (Å²) in [6.45, 7) is 5.69. The summed E-state index contributed by atoms with van der Waals surface area (Å²) in [6.07, 6.45) is 3.51. The summed E-state index contributed by atoms with van der Waals surface area (Å²) in [4.78, 5) is 29.0. The van der Waals surface area contributed by atoms with Crippen LogP contribution in [0.25, 0.3) is 0 Å². The standard InChI is InChI=1S/C20H29N3O2/c1-2-16(17-7-4-3-5-8-17)13-19(24)22-11-6-9-18(15-22)23-12-10-21-14-20(23)25/h3-5,7-8,16,18,21H,2,6,9-15H2,1H3. The molecule has 2 amide bonds. The van der Waals surface area contributed by atoms with Crippen molar-refractivity contribution in [1.82, 2.24) is 15.1 Å². The van der Waals surface area contributed by atoms with E-state index in [1.807, 2.05) is 28.0 Å². The van der Waals surface area contributed by atoms with Gasteiger partial charge < -0.3 is 15.1 Å². The van der Waals surface area contributed by atoms with Gasteiger partial charge in [0.25, 0.3) is 0 Å². The molecule has 2 aliphatic rings. The van der Waals surface area contributed by atoms with Crippen LogP contribution in [-0.4, -0.2) is 60.4 Å². The van der Waals surface area contributed by atoms with Crippen molar-refractivity contribution in [3.05, 3.63) is 35.9 Å². The van der Waals surface area contributed by atoms with Crippen LogP contribution >= 0.6 is 0 Å². The molecule has 2 heterocycles. The number of carbonyl (C=O) groups is 2. The van der Waals surface area contributed by atoms with Crippen LogP contribution in [0.5, 0.6) is 0 Å². The summed E-state index contributed by atoms with van der Waals surface area (Å²) < 4.78 is 0. The highest BCUT2D eigenvalue weighted by Crippen LogP contribution is 2.25. The van der Waals surface area contributed by atoms with Crippen molar-refractivity contribution in [2.75, 3.05) is 32.7 Å². The predicted molar refractivity (Wildman–Crippen MR) is 98.3 cm³/mol. The maximum absolute atomic E-state index is 12.9. The number of carbonyl (C=O) groups excluding carboxylic acids is 2. The van der Waals surface area contributed by atoms with E-state index < -0.39 is 0 Å².